The van der Waals surface area contributed by atoms with E-state index in [1.807, 2.05) is 94.1 Å². The summed E-state index contributed by atoms with van der Waals surface area (Å²) in [4.78, 5) is 119. The fourth-order valence-electron chi connectivity index (χ4n) is 24.5. The molecule has 5 aromatic heterocycles. The van der Waals surface area contributed by atoms with Crippen LogP contribution in [0, 0.1) is 47.8 Å². The summed E-state index contributed by atoms with van der Waals surface area (Å²) in [5, 5.41) is 23.1. The van der Waals surface area contributed by atoms with E-state index in [1.54, 1.807) is 57.5 Å². The van der Waals surface area contributed by atoms with E-state index >= 15 is 0 Å². The zero-order valence-corrected chi connectivity index (χ0v) is 89.2. The Balaban J connectivity index is 0.000000117. The summed E-state index contributed by atoms with van der Waals surface area (Å²) in [6.45, 7) is 41.3. The number of benzene rings is 5. The minimum absolute atomic E-state index is 0.00507. The summed E-state index contributed by atoms with van der Waals surface area (Å²) < 4.78 is 18.1. The Bertz CT molecular complexity index is 6290. The van der Waals surface area contributed by atoms with E-state index in [0.29, 0.717) is 46.5 Å². The third-order valence-electron chi connectivity index (χ3n) is 33.1. The molecule has 7 amide bonds. The molecule has 13 aliphatic heterocycles. The van der Waals surface area contributed by atoms with Crippen molar-refractivity contribution in [1.29, 1.82) is 0 Å². The number of aromatic nitrogens is 10. The van der Waals surface area contributed by atoms with Gasteiger partial charge < -0.3 is 58.5 Å². The van der Waals surface area contributed by atoms with Crippen molar-refractivity contribution in [2.75, 3.05) is 235 Å². The van der Waals surface area contributed by atoms with E-state index in [1.165, 1.54) is 119 Å². The van der Waals surface area contributed by atoms with E-state index < -0.39 is 0 Å². The van der Waals surface area contributed by atoms with Gasteiger partial charge in [-0.1, -0.05) is 102 Å². The number of hydrogen-bond donors (Lipinski definition) is 0. The van der Waals surface area contributed by atoms with Crippen molar-refractivity contribution < 1.29 is 43.0 Å². The molecular weight excluding hydrogens is 1930 g/mol. The minimum atomic E-state index is -0.150. The van der Waals surface area contributed by atoms with Crippen molar-refractivity contribution in [3.63, 3.8) is 0 Å². The van der Waals surface area contributed by atoms with E-state index in [4.69, 9.17) is 44.3 Å². The monoisotopic (exact) mass is 2080 g/mol. The van der Waals surface area contributed by atoms with Crippen LogP contribution in [0.5, 0.6) is 0 Å². The van der Waals surface area contributed by atoms with Gasteiger partial charge in [0.2, 0.25) is 11.8 Å². The van der Waals surface area contributed by atoms with Gasteiger partial charge in [-0.3, -0.25) is 34.1 Å². The number of likely N-dealkylation sites (tertiary alicyclic amines) is 10. The number of aryl methyl sites for hydroxylation is 3. The first-order valence-corrected chi connectivity index (χ1v) is 54.1. The number of carbonyl (C=O) groups excluding carboxylic acids is 7. The van der Waals surface area contributed by atoms with Gasteiger partial charge in [-0.15, -0.1) is 0 Å². The Morgan fingerprint density at radius 1 is 0.318 bits per heavy atom. The predicted octanol–water partition coefficient (Wildman–Crippen LogP) is 15.4. The zero-order valence-electron chi connectivity index (χ0n) is 87.0. The maximum Gasteiger partial charge on any atom is 0.344 e. The largest absolute Gasteiger partial charge is 0.378 e. The second kappa shape index (κ2) is 46.1. The van der Waals surface area contributed by atoms with Gasteiger partial charge in [-0.25, -0.2) is 24.0 Å². The fraction of sp³-hybridized carbons (Fsp3) is 0.532. The molecule has 13 fully saturated rings. The molecule has 13 aliphatic rings. The Hall–Kier alpha value is -11.6. The Labute approximate surface area is 884 Å². The summed E-state index contributed by atoms with van der Waals surface area (Å²) in [6, 6.07) is 40.2. The average molecular weight is 2080 g/mol. The molecule has 0 aliphatic carbocycles. The number of piperidine rings is 1. The molecule has 4 unspecified atom stereocenters. The summed E-state index contributed by atoms with van der Waals surface area (Å²) >= 11 is 19.0. The summed E-state index contributed by atoms with van der Waals surface area (Å²) in [6.07, 6.45) is 30.4. The molecular formula is C111H144Cl3N25O9. The Morgan fingerprint density at radius 3 is 1.10 bits per heavy atom. The van der Waals surface area contributed by atoms with Gasteiger partial charge in [0.05, 0.1) is 81.2 Å². The normalized spacial score (nSPS) is 22.9. The highest BCUT2D eigenvalue weighted by atomic mass is 35.5. The first kappa shape index (κ1) is 105. The number of morpholine rings is 2. The first-order valence-electron chi connectivity index (χ1n) is 53.0. The number of ether oxygens (including phenoxy) is 2. The van der Waals surface area contributed by atoms with E-state index in [0.717, 1.165) is 288 Å². The molecule has 148 heavy (non-hydrogen) atoms. The van der Waals surface area contributed by atoms with Gasteiger partial charge >= 0.3 is 30.2 Å². The molecule has 5 spiro atoms. The van der Waals surface area contributed by atoms with Gasteiger partial charge in [0, 0.05) is 283 Å². The molecule has 34 nitrogen and oxygen atoms in total. The first-order chi connectivity index (χ1) is 71.5. The van der Waals surface area contributed by atoms with E-state index in [-0.39, 0.29) is 63.6 Å². The van der Waals surface area contributed by atoms with Crippen LogP contribution in [0.15, 0.2) is 177 Å². The molecule has 5 aromatic carbocycles. The second-order valence-electron chi connectivity index (χ2n) is 44.1. The van der Waals surface area contributed by atoms with Crippen LogP contribution in [0.3, 0.4) is 0 Å². The highest BCUT2D eigenvalue weighted by Crippen LogP contribution is 2.47. The average Bonchev–Trinajstić information content (AvgIpc) is 0.866. The molecule has 23 rings (SSSR count). The summed E-state index contributed by atoms with van der Waals surface area (Å²) in [7, 11) is 3.35. The lowest BCUT2D eigenvalue weighted by Crippen LogP contribution is -2.60. The Kier molecular flexibility index (Phi) is 32.7. The molecule has 0 saturated carbocycles. The topological polar surface area (TPSA) is 276 Å². The van der Waals surface area contributed by atoms with Crippen molar-refractivity contribution in [2.45, 2.75) is 144 Å². The smallest absolute Gasteiger partial charge is 0.344 e. The van der Waals surface area contributed by atoms with Gasteiger partial charge in [0.25, 0.3) is 0 Å². The van der Waals surface area contributed by atoms with Crippen LogP contribution < -0.4 is 24.5 Å². The third kappa shape index (κ3) is 24.8. The predicted molar refractivity (Wildman–Crippen MR) is 575 cm³/mol. The molecule has 0 radical (unpaired) electrons. The van der Waals surface area contributed by atoms with Crippen molar-refractivity contribution in [3.05, 3.63) is 237 Å². The maximum absolute atomic E-state index is 13.0. The van der Waals surface area contributed by atoms with Crippen LogP contribution in [0.4, 0.5) is 52.4 Å². The third-order valence-corrected chi connectivity index (χ3v) is 34.2. The molecule has 0 bridgehead atoms. The molecule has 788 valence electrons. The molecule has 0 N–H and O–H groups in total. The lowest BCUT2D eigenvalue weighted by atomic mass is 9.72. The SMILES string of the molecule is CC(=O)N(C)c1cnn(C(=O)N2CCC3(CCN(Cc4c(Cl)cccc4Cl)C3)C2)c1.CC(=O)N(C)c1cnn(C(=O)N2CCC3(CCN(Cc4ccc(N5CCCC5)cc4)C3)C2)c1.Cc1cnn(C(=O)N2CCC3(CC2)CN(Cc2ccccc2N2CCOCC2)C3)c1.Cc1cnn(C(=O)N2CCC3(CCN(Cc4cccc(N5CCOCC5)c4)C3)C2)c1.Cc1cnn(C(=O)N2CCC3(CCN(Cc4ccccc4Cl)C3)C2)c1. The molecule has 4 atom stereocenters. The van der Waals surface area contributed by atoms with Crippen LogP contribution in [0.25, 0.3) is 0 Å². The second-order valence-corrected chi connectivity index (χ2v) is 45.3. The van der Waals surface area contributed by atoms with Crippen LogP contribution in [-0.2, 0) is 51.8 Å². The minimum Gasteiger partial charge on any atom is -0.378 e. The standard InChI is InChI=1S/C25H34N6O2.2C23H31N5O2.C21H25Cl2N5O2.C19H23ClN4O/c1-20(32)27(2)23-15-26-31(17-23)24(33)30-14-10-25(19-30)9-13-28(18-25)16-21-5-7-22(8-6-21)29-11-3-4-12-29;1-19-14-24-28(15-19)22(29)27-8-6-23(18-27)5-7-25(17-23)16-20-3-2-4-21(13-20)26-9-11-30-12-10-26;1-19-14-24-28(15-19)22(29)27-8-6-23(7-9-27)17-25(18-23)16-20-4-2-3-5-21(20)26-10-12-30-13-11-26;1-15(29)25(2)16-10-24-28(11-16)20(30)27-9-7-21(14-27)6-8-26(13-21)12-17-18(22)4-3-5-19(17)23;1-15-10-21-24(11-15)18(25)23-9-7-19(14-23)6-8-22(13-19)12-16-4-2-3-5-17(16)20/h5-8,15,17H,3-4,9-14,16,18-19H2,1-2H3;2-4,13-15H,5-12,16-18H2,1H3;2-5,14-15H,6-13,16-18H2,1H3;3-5,10-11H,6-9,12-14H2,1-2H3;2-5,10-11H,6-9,12-14H2,1H3. The maximum atomic E-state index is 13.0. The van der Waals surface area contributed by atoms with Gasteiger partial charge in [-0.05, 0) is 217 Å². The van der Waals surface area contributed by atoms with E-state index in [2.05, 4.69) is 144 Å². The number of para-hydroxylation sites is 1. The molecule has 37 heteroatoms. The fourth-order valence-corrected chi connectivity index (χ4v) is 25.2. The summed E-state index contributed by atoms with van der Waals surface area (Å²) in [5.41, 5.74) is 15.7. The molecule has 10 aromatic rings. The lowest BCUT2D eigenvalue weighted by Gasteiger charge is -2.54. The zero-order chi connectivity index (χ0) is 103. The van der Waals surface area contributed by atoms with Crippen molar-refractivity contribution >= 4 is 105 Å². The van der Waals surface area contributed by atoms with Crippen LogP contribution in [0.2, 0.25) is 15.1 Å². The van der Waals surface area contributed by atoms with Gasteiger partial charge in [0.15, 0.2) is 0 Å². The van der Waals surface area contributed by atoms with Crippen molar-refractivity contribution in [2.24, 2.45) is 27.1 Å². The number of hydrogen-bond acceptors (Lipinski definition) is 22. The van der Waals surface area contributed by atoms with Crippen LogP contribution in [0.1, 0.15) is 135 Å². The number of amides is 7. The number of nitrogens with zero attached hydrogens (tertiary/aromatic N) is 25. The van der Waals surface area contributed by atoms with Crippen LogP contribution in [-0.4, -0.2) is 351 Å². The quantitative estimate of drug-likeness (QED) is 0.0922. The van der Waals surface area contributed by atoms with E-state index in [9.17, 15) is 33.6 Å². The number of anilines is 5. The Morgan fingerprint density at radius 2 is 0.662 bits per heavy atom. The number of halogens is 3. The number of carbonyl (C=O) groups is 7. The molecule has 18 heterocycles. The lowest BCUT2D eigenvalue weighted by molar-refractivity contribution is -0.117. The van der Waals surface area contributed by atoms with Gasteiger partial charge in [-0.2, -0.15) is 48.9 Å². The highest BCUT2D eigenvalue weighted by Gasteiger charge is 2.51. The number of rotatable bonds is 15. The molecule has 13 saturated heterocycles. The highest BCUT2D eigenvalue weighted by molar-refractivity contribution is 6.36. The summed E-state index contributed by atoms with van der Waals surface area (Å²) in [5.74, 6) is -0.189. The van der Waals surface area contributed by atoms with Gasteiger partial charge in [0.1, 0.15) is 0 Å². The van der Waals surface area contributed by atoms with Crippen molar-refractivity contribution in [1.82, 2.24) is 97.9 Å². The van der Waals surface area contributed by atoms with Crippen molar-refractivity contribution in [3.8, 4) is 0 Å². The van der Waals surface area contributed by atoms with Crippen LogP contribution >= 0.6 is 34.8 Å².